The third kappa shape index (κ3) is 4.03. The first-order chi connectivity index (χ1) is 14.4. The summed E-state index contributed by atoms with van der Waals surface area (Å²) in [4.78, 5) is 24.2. The van der Waals surface area contributed by atoms with E-state index in [0.29, 0.717) is 24.3 Å². The van der Waals surface area contributed by atoms with Crippen molar-refractivity contribution in [2.75, 3.05) is 5.32 Å². The largest absolute Gasteiger partial charge is 0.348 e. The van der Waals surface area contributed by atoms with Crippen LogP contribution in [-0.2, 0) is 17.9 Å². The maximum atomic E-state index is 12.4. The van der Waals surface area contributed by atoms with E-state index >= 15 is 0 Å². The van der Waals surface area contributed by atoms with Crippen LogP contribution in [0.15, 0.2) is 48.5 Å². The fraction of sp³-hybridized carbons (Fsp3) is 0.208. The highest BCUT2D eigenvalue weighted by molar-refractivity contribution is 6.04. The van der Waals surface area contributed by atoms with Gasteiger partial charge in [0.15, 0.2) is 0 Å². The van der Waals surface area contributed by atoms with Crippen LogP contribution >= 0.6 is 0 Å². The molecular weight excluding hydrogens is 376 g/mol. The van der Waals surface area contributed by atoms with Crippen molar-refractivity contribution in [2.24, 2.45) is 0 Å². The van der Waals surface area contributed by atoms with E-state index in [1.165, 1.54) is 17.2 Å². The zero-order chi connectivity index (χ0) is 21.3. The standard InChI is InChI=1S/C24H24N4O2/c1-15-4-6-18(7-5-15)14-28-17(3)21(16(2)27-28)10-11-23(29)26-20-9-8-19-13-25-24(30)22(19)12-20/h4-12H,13-14H2,1-3H3,(H,25,30)(H,26,29)/b11-10+. The lowest BCUT2D eigenvalue weighted by atomic mass is 10.1. The maximum Gasteiger partial charge on any atom is 0.251 e. The van der Waals surface area contributed by atoms with E-state index in [2.05, 4.69) is 46.9 Å². The van der Waals surface area contributed by atoms with Crippen LogP contribution in [0.4, 0.5) is 5.69 Å². The molecule has 1 aliphatic heterocycles. The van der Waals surface area contributed by atoms with Gasteiger partial charge in [-0.25, -0.2) is 0 Å². The average Bonchev–Trinajstić information content (AvgIpc) is 3.21. The quantitative estimate of drug-likeness (QED) is 0.641. The van der Waals surface area contributed by atoms with Crippen molar-refractivity contribution < 1.29 is 9.59 Å². The Bertz CT molecular complexity index is 1160. The van der Waals surface area contributed by atoms with E-state index in [1.807, 2.05) is 24.6 Å². The van der Waals surface area contributed by atoms with Gasteiger partial charge in [-0.05, 0) is 50.1 Å². The highest BCUT2D eigenvalue weighted by atomic mass is 16.2. The number of fused-ring (bicyclic) bond motifs is 1. The lowest BCUT2D eigenvalue weighted by molar-refractivity contribution is -0.111. The molecule has 2 heterocycles. The number of carbonyl (C=O) groups is 2. The van der Waals surface area contributed by atoms with Crippen LogP contribution in [0.25, 0.3) is 6.08 Å². The Morgan fingerprint density at radius 2 is 1.93 bits per heavy atom. The normalized spacial score (nSPS) is 12.8. The van der Waals surface area contributed by atoms with Gasteiger partial charge < -0.3 is 10.6 Å². The maximum absolute atomic E-state index is 12.4. The van der Waals surface area contributed by atoms with Crippen LogP contribution in [0.5, 0.6) is 0 Å². The number of benzene rings is 2. The second-order valence-corrected chi connectivity index (χ2v) is 7.60. The molecule has 0 unspecified atom stereocenters. The summed E-state index contributed by atoms with van der Waals surface area (Å²) in [6.45, 7) is 7.23. The molecule has 1 aromatic heterocycles. The van der Waals surface area contributed by atoms with E-state index in [0.717, 1.165) is 22.5 Å². The molecule has 0 radical (unpaired) electrons. The molecule has 0 bridgehead atoms. The molecule has 0 aliphatic carbocycles. The molecule has 0 saturated carbocycles. The molecule has 0 spiro atoms. The zero-order valence-electron chi connectivity index (χ0n) is 17.3. The van der Waals surface area contributed by atoms with Crippen LogP contribution in [0, 0.1) is 20.8 Å². The number of nitrogens with one attached hydrogen (secondary N) is 2. The van der Waals surface area contributed by atoms with Gasteiger partial charge in [-0.15, -0.1) is 0 Å². The predicted molar refractivity (Wildman–Crippen MR) is 117 cm³/mol. The van der Waals surface area contributed by atoms with Crippen LogP contribution in [0.3, 0.4) is 0 Å². The number of aromatic nitrogens is 2. The Balaban J connectivity index is 1.46. The van der Waals surface area contributed by atoms with Gasteiger partial charge in [-0.3, -0.25) is 14.3 Å². The molecule has 0 atom stereocenters. The van der Waals surface area contributed by atoms with E-state index in [-0.39, 0.29) is 11.8 Å². The summed E-state index contributed by atoms with van der Waals surface area (Å²) in [5.74, 6) is -0.359. The van der Waals surface area contributed by atoms with Crippen molar-refractivity contribution in [3.8, 4) is 0 Å². The summed E-state index contributed by atoms with van der Waals surface area (Å²) in [6, 6.07) is 13.8. The van der Waals surface area contributed by atoms with Crippen LogP contribution in [0.2, 0.25) is 0 Å². The number of amides is 2. The Hall–Kier alpha value is -3.67. The van der Waals surface area contributed by atoms with Gasteiger partial charge in [-0.1, -0.05) is 35.9 Å². The summed E-state index contributed by atoms with van der Waals surface area (Å²) in [5, 5.41) is 10.2. The van der Waals surface area contributed by atoms with E-state index in [1.54, 1.807) is 18.2 Å². The topological polar surface area (TPSA) is 76.0 Å². The van der Waals surface area contributed by atoms with Crippen LogP contribution in [0.1, 0.15) is 44.0 Å². The Morgan fingerprint density at radius 3 is 2.70 bits per heavy atom. The molecule has 2 amide bonds. The third-order valence-electron chi connectivity index (χ3n) is 5.35. The average molecular weight is 400 g/mol. The molecular formula is C24H24N4O2. The Labute approximate surface area is 175 Å². The zero-order valence-corrected chi connectivity index (χ0v) is 17.3. The van der Waals surface area contributed by atoms with Crippen molar-refractivity contribution in [3.63, 3.8) is 0 Å². The smallest absolute Gasteiger partial charge is 0.251 e. The van der Waals surface area contributed by atoms with Crippen molar-refractivity contribution in [1.29, 1.82) is 0 Å². The fourth-order valence-corrected chi connectivity index (χ4v) is 3.61. The second-order valence-electron chi connectivity index (χ2n) is 7.60. The van der Waals surface area contributed by atoms with Crippen molar-refractivity contribution >= 4 is 23.6 Å². The summed E-state index contributed by atoms with van der Waals surface area (Å²) < 4.78 is 1.96. The lowest BCUT2D eigenvalue weighted by Gasteiger charge is -2.05. The highest BCUT2D eigenvalue weighted by Crippen LogP contribution is 2.21. The van der Waals surface area contributed by atoms with Gasteiger partial charge in [0.1, 0.15) is 0 Å². The number of hydrogen-bond donors (Lipinski definition) is 2. The Kier molecular flexibility index (Phi) is 5.23. The number of hydrogen-bond acceptors (Lipinski definition) is 3. The first-order valence-corrected chi connectivity index (χ1v) is 9.90. The summed E-state index contributed by atoms with van der Waals surface area (Å²) >= 11 is 0. The lowest BCUT2D eigenvalue weighted by Crippen LogP contribution is -2.13. The number of rotatable bonds is 5. The molecule has 6 heteroatoms. The molecule has 152 valence electrons. The van der Waals surface area contributed by atoms with Gasteiger partial charge in [0.25, 0.3) is 5.91 Å². The van der Waals surface area contributed by atoms with Crippen molar-refractivity contribution in [2.45, 2.75) is 33.9 Å². The number of anilines is 1. The highest BCUT2D eigenvalue weighted by Gasteiger charge is 2.19. The predicted octanol–water partition coefficient (Wildman–Crippen LogP) is 3.75. The van der Waals surface area contributed by atoms with Crippen molar-refractivity contribution in [1.82, 2.24) is 15.1 Å². The van der Waals surface area contributed by atoms with Gasteiger partial charge >= 0.3 is 0 Å². The number of aryl methyl sites for hydroxylation is 2. The molecule has 6 nitrogen and oxygen atoms in total. The van der Waals surface area contributed by atoms with Crippen LogP contribution < -0.4 is 10.6 Å². The minimum absolute atomic E-state index is 0.108. The monoisotopic (exact) mass is 400 g/mol. The summed E-state index contributed by atoms with van der Waals surface area (Å²) in [5.41, 5.74) is 7.38. The van der Waals surface area contributed by atoms with Gasteiger partial charge in [-0.2, -0.15) is 5.10 Å². The summed E-state index contributed by atoms with van der Waals surface area (Å²) in [6.07, 6.45) is 3.29. The first-order valence-electron chi connectivity index (χ1n) is 9.90. The number of carbonyl (C=O) groups excluding carboxylic acids is 2. The summed E-state index contributed by atoms with van der Waals surface area (Å²) in [7, 11) is 0. The number of nitrogens with zero attached hydrogens (tertiary/aromatic N) is 2. The molecule has 1 aliphatic rings. The molecule has 2 N–H and O–H groups in total. The fourth-order valence-electron chi connectivity index (χ4n) is 3.61. The second kappa shape index (κ2) is 7.99. The van der Waals surface area contributed by atoms with E-state index in [9.17, 15) is 9.59 Å². The third-order valence-corrected chi connectivity index (χ3v) is 5.35. The first kappa shape index (κ1) is 19.6. The molecule has 3 aromatic rings. The molecule has 0 saturated heterocycles. The SMILES string of the molecule is Cc1ccc(Cn2nc(C)c(/C=C/C(=O)Nc3ccc4c(c3)C(=O)NC4)c2C)cc1. The molecule has 0 fully saturated rings. The van der Waals surface area contributed by atoms with Gasteiger partial charge in [0.2, 0.25) is 5.91 Å². The minimum Gasteiger partial charge on any atom is -0.348 e. The minimum atomic E-state index is -0.251. The van der Waals surface area contributed by atoms with Gasteiger partial charge in [0.05, 0.1) is 12.2 Å². The van der Waals surface area contributed by atoms with Crippen molar-refractivity contribution in [3.05, 3.63) is 87.7 Å². The van der Waals surface area contributed by atoms with E-state index < -0.39 is 0 Å². The van der Waals surface area contributed by atoms with E-state index in [4.69, 9.17) is 0 Å². The molecule has 30 heavy (non-hydrogen) atoms. The molecule has 4 rings (SSSR count). The Morgan fingerprint density at radius 1 is 1.17 bits per heavy atom. The van der Waals surface area contributed by atoms with Gasteiger partial charge in [0, 0.05) is 35.1 Å². The van der Waals surface area contributed by atoms with Crippen LogP contribution in [-0.4, -0.2) is 21.6 Å². The molecule has 2 aromatic carbocycles.